The van der Waals surface area contributed by atoms with E-state index in [0.717, 1.165) is 32.6 Å². The molecule has 0 amide bonds. The Bertz CT molecular complexity index is 536. The molecule has 0 aliphatic heterocycles. The fourth-order valence-electron chi connectivity index (χ4n) is 1.53. The van der Waals surface area contributed by atoms with Crippen LogP contribution < -0.4 is 5.32 Å². The van der Waals surface area contributed by atoms with Crippen molar-refractivity contribution in [3.05, 3.63) is 33.1 Å². The van der Waals surface area contributed by atoms with Crippen molar-refractivity contribution >= 4 is 43.4 Å². The summed E-state index contributed by atoms with van der Waals surface area (Å²) in [5.41, 5.74) is 2.02. The minimum Gasteiger partial charge on any atom is -0.336 e. The second-order valence-corrected chi connectivity index (χ2v) is 5.40. The first-order chi connectivity index (χ1) is 8.10. The predicted molar refractivity (Wildman–Crippen MR) is 75.5 cm³/mol. The third kappa shape index (κ3) is 2.87. The lowest BCUT2D eigenvalue weighted by atomic mass is 10.3. The van der Waals surface area contributed by atoms with Gasteiger partial charge in [-0.25, -0.2) is 4.98 Å². The molecule has 0 saturated carbocycles. The second kappa shape index (κ2) is 5.18. The van der Waals surface area contributed by atoms with Gasteiger partial charge in [-0.2, -0.15) is 5.10 Å². The van der Waals surface area contributed by atoms with Crippen molar-refractivity contribution in [3.8, 4) is 0 Å². The van der Waals surface area contributed by atoms with E-state index < -0.39 is 0 Å². The molecule has 0 aromatic carbocycles. The number of halogens is 2. The average molecular weight is 360 g/mol. The Morgan fingerprint density at radius 3 is 2.82 bits per heavy atom. The van der Waals surface area contributed by atoms with Gasteiger partial charge < -0.3 is 5.32 Å². The van der Waals surface area contributed by atoms with Gasteiger partial charge in [0.25, 0.3) is 0 Å². The largest absolute Gasteiger partial charge is 0.336 e. The molecule has 2 rings (SSSR count). The van der Waals surface area contributed by atoms with Crippen LogP contribution in [-0.2, 0) is 13.5 Å². The molecule has 0 fully saturated rings. The summed E-state index contributed by atoms with van der Waals surface area (Å²) in [5, 5.41) is 7.65. The molecule has 0 unspecified atom stereocenters. The quantitative estimate of drug-likeness (QED) is 0.909. The summed E-state index contributed by atoms with van der Waals surface area (Å²) in [4.78, 5) is 4.32. The van der Waals surface area contributed by atoms with Gasteiger partial charge in [0.05, 0.1) is 15.9 Å². The lowest BCUT2D eigenvalue weighted by Crippen LogP contribution is -1.96. The summed E-state index contributed by atoms with van der Waals surface area (Å²) in [5.74, 6) is 0.788. The van der Waals surface area contributed by atoms with Gasteiger partial charge in [-0.3, -0.25) is 4.68 Å². The van der Waals surface area contributed by atoms with Gasteiger partial charge in [0.1, 0.15) is 5.82 Å². The number of rotatable bonds is 3. The van der Waals surface area contributed by atoms with E-state index in [4.69, 9.17) is 0 Å². The maximum atomic E-state index is 4.37. The van der Waals surface area contributed by atoms with Gasteiger partial charge in [0.2, 0.25) is 0 Å². The molecule has 0 bridgehead atoms. The Labute approximate surface area is 117 Å². The maximum absolute atomic E-state index is 4.37. The van der Waals surface area contributed by atoms with E-state index in [2.05, 4.69) is 54.2 Å². The van der Waals surface area contributed by atoms with Gasteiger partial charge in [0, 0.05) is 23.9 Å². The normalized spacial score (nSPS) is 10.6. The van der Waals surface area contributed by atoms with Crippen LogP contribution in [0.4, 0.5) is 11.5 Å². The monoisotopic (exact) mass is 358 g/mol. The highest BCUT2D eigenvalue weighted by Gasteiger charge is 2.08. The minimum atomic E-state index is 0.788. The van der Waals surface area contributed by atoms with E-state index in [1.807, 2.05) is 19.3 Å². The van der Waals surface area contributed by atoms with Crippen LogP contribution in [0.25, 0.3) is 0 Å². The number of hydrogen-bond acceptors (Lipinski definition) is 3. The summed E-state index contributed by atoms with van der Waals surface area (Å²) in [6, 6.07) is 1.96. The molecular weight excluding hydrogens is 348 g/mol. The van der Waals surface area contributed by atoms with Crippen LogP contribution in [0.15, 0.2) is 27.4 Å². The second-order valence-electron chi connectivity index (χ2n) is 3.63. The molecule has 2 aromatic heterocycles. The number of aromatic nitrogens is 3. The molecule has 1 N–H and O–H groups in total. The van der Waals surface area contributed by atoms with Crippen molar-refractivity contribution in [3.63, 3.8) is 0 Å². The Hall–Kier alpha value is -0.880. The SMILES string of the molecule is CCc1nn(C)cc1Nc1ncc(Br)cc1Br. The molecule has 0 aliphatic rings. The third-order valence-corrected chi connectivity index (χ3v) is 3.34. The third-order valence-electron chi connectivity index (χ3n) is 2.30. The average Bonchev–Trinajstić information content (AvgIpc) is 2.63. The minimum absolute atomic E-state index is 0.788. The Morgan fingerprint density at radius 2 is 2.18 bits per heavy atom. The van der Waals surface area contributed by atoms with Gasteiger partial charge in [-0.15, -0.1) is 0 Å². The molecule has 17 heavy (non-hydrogen) atoms. The Morgan fingerprint density at radius 1 is 1.41 bits per heavy atom. The van der Waals surface area contributed by atoms with Gasteiger partial charge in [-0.1, -0.05) is 6.92 Å². The molecule has 0 radical (unpaired) electrons. The molecule has 0 spiro atoms. The van der Waals surface area contributed by atoms with Crippen molar-refractivity contribution in [2.45, 2.75) is 13.3 Å². The fourth-order valence-corrected chi connectivity index (χ4v) is 2.62. The molecule has 0 aliphatic carbocycles. The zero-order valence-electron chi connectivity index (χ0n) is 9.54. The first-order valence-corrected chi connectivity index (χ1v) is 6.79. The van der Waals surface area contributed by atoms with Crippen molar-refractivity contribution in [1.82, 2.24) is 14.8 Å². The van der Waals surface area contributed by atoms with Crippen molar-refractivity contribution < 1.29 is 0 Å². The molecular formula is C11H12Br2N4. The predicted octanol–water partition coefficient (Wildman–Crippen LogP) is 3.65. The van der Waals surface area contributed by atoms with Crippen LogP contribution >= 0.6 is 31.9 Å². The van der Waals surface area contributed by atoms with Crippen LogP contribution in [-0.4, -0.2) is 14.8 Å². The topological polar surface area (TPSA) is 42.7 Å². The van der Waals surface area contributed by atoms with Gasteiger partial charge in [-0.05, 0) is 44.3 Å². The van der Waals surface area contributed by atoms with Gasteiger partial charge >= 0.3 is 0 Å². The number of nitrogens with one attached hydrogen (secondary N) is 1. The summed E-state index contributed by atoms with van der Waals surface area (Å²) < 4.78 is 3.66. The van der Waals surface area contributed by atoms with Crippen LogP contribution in [0.1, 0.15) is 12.6 Å². The van der Waals surface area contributed by atoms with E-state index in [-0.39, 0.29) is 0 Å². The number of aryl methyl sites for hydroxylation is 2. The van der Waals surface area contributed by atoms with Crippen molar-refractivity contribution in [2.24, 2.45) is 7.05 Å². The number of nitrogens with zero attached hydrogens (tertiary/aromatic N) is 3. The first-order valence-electron chi connectivity index (χ1n) is 5.20. The zero-order valence-corrected chi connectivity index (χ0v) is 12.7. The molecule has 90 valence electrons. The van der Waals surface area contributed by atoms with Crippen LogP contribution in [0, 0.1) is 0 Å². The van der Waals surface area contributed by atoms with Crippen molar-refractivity contribution in [2.75, 3.05) is 5.32 Å². The molecule has 2 heterocycles. The molecule has 4 nitrogen and oxygen atoms in total. The van der Waals surface area contributed by atoms with E-state index in [0.29, 0.717) is 0 Å². The van der Waals surface area contributed by atoms with Crippen LogP contribution in [0.2, 0.25) is 0 Å². The highest BCUT2D eigenvalue weighted by molar-refractivity contribution is 9.11. The summed E-state index contributed by atoms with van der Waals surface area (Å²) in [7, 11) is 1.91. The Kier molecular flexibility index (Phi) is 3.83. The van der Waals surface area contributed by atoms with E-state index in [1.54, 1.807) is 10.9 Å². The molecule has 2 aromatic rings. The van der Waals surface area contributed by atoms with Crippen LogP contribution in [0.3, 0.4) is 0 Å². The fraction of sp³-hybridized carbons (Fsp3) is 0.273. The highest BCUT2D eigenvalue weighted by atomic mass is 79.9. The standard InChI is InChI=1S/C11H12Br2N4/c1-3-9-10(6-17(2)16-9)15-11-8(13)4-7(12)5-14-11/h4-6H,3H2,1-2H3,(H,14,15). The lowest BCUT2D eigenvalue weighted by Gasteiger charge is -2.06. The highest BCUT2D eigenvalue weighted by Crippen LogP contribution is 2.27. The van der Waals surface area contributed by atoms with E-state index >= 15 is 0 Å². The summed E-state index contributed by atoms with van der Waals surface area (Å²) in [6.45, 7) is 2.08. The zero-order chi connectivity index (χ0) is 12.4. The summed E-state index contributed by atoms with van der Waals surface area (Å²) in [6.07, 6.45) is 4.60. The summed E-state index contributed by atoms with van der Waals surface area (Å²) >= 11 is 6.85. The molecule has 6 heteroatoms. The van der Waals surface area contributed by atoms with Crippen molar-refractivity contribution in [1.29, 1.82) is 0 Å². The molecule has 0 saturated heterocycles. The Balaban J connectivity index is 2.30. The number of pyridine rings is 1. The molecule has 0 atom stereocenters. The van der Waals surface area contributed by atoms with E-state index in [1.165, 1.54) is 0 Å². The van der Waals surface area contributed by atoms with E-state index in [9.17, 15) is 0 Å². The van der Waals surface area contributed by atoms with Gasteiger partial charge in [0.15, 0.2) is 0 Å². The maximum Gasteiger partial charge on any atom is 0.144 e. The first kappa shape index (κ1) is 12.6. The lowest BCUT2D eigenvalue weighted by molar-refractivity contribution is 0.746. The number of anilines is 2. The smallest absolute Gasteiger partial charge is 0.144 e. The van der Waals surface area contributed by atoms with Crippen LogP contribution in [0.5, 0.6) is 0 Å². The number of hydrogen-bond donors (Lipinski definition) is 1.